The van der Waals surface area contributed by atoms with E-state index in [4.69, 9.17) is 4.74 Å². The first-order valence-corrected chi connectivity index (χ1v) is 7.45. The van der Waals surface area contributed by atoms with Crippen molar-refractivity contribution < 1.29 is 9.53 Å². The Morgan fingerprint density at radius 1 is 0.950 bits per heavy atom. The van der Waals surface area contributed by atoms with Gasteiger partial charge in [0.1, 0.15) is 12.0 Å². The summed E-state index contributed by atoms with van der Waals surface area (Å²) in [5.41, 5.74) is 0.710. The average molecular weight is 270 g/mol. The standard InChI is InChI=1S/C18H22O2/c1-2-3-4-5-6-11-20-18-10-9-16-12-15(14-19)7-8-17(16)13-18/h7-10,12-14H,2-6,11H2,1H3. The van der Waals surface area contributed by atoms with Gasteiger partial charge in [0.2, 0.25) is 0 Å². The summed E-state index contributed by atoms with van der Waals surface area (Å²) in [6.07, 6.45) is 7.11. The van der Waals surface area contributed by atoms with E-state index in [1.807, 2.05) is 36.4 Å². The smallest absolute Gasteiger partial charge is 0.150 e. The molecule has 2 aromatic rings. The zero-order valence-electron chi connectivity index (χ0n) is 12.1. The summed E-state index contributed by atoms with van der Waals surface area (Å²) < 4.78 is 5.78. The molecular formula is C18H22O2. The third kappa shape index (κ3) is 4.09. The van der Waals surface area contributed by atoms with E-state index in [1.54, 1.807) is 0 Å². The third-order valence-corrected chi connectivity index (χ3v) is 3.49. The molecule has 0 atom stereocenters. The first-order chi connectivity index (χ1) is 9.83. The van der Waals surface area contributed by atoms with E-state index in [-0.39, 0.29) is 0 Å². The lowest BCUT2D eigenvalue weighted by molar-refractivity contribution is 0.112. The number of carbonyl (C=O) groups excluding carboxylic acids is 1. The molecule has 0 aliphatic rings. The largest absolute Gasteiger partial charge is 0.494 e. The summed E-state index contributed by atoms with van der Waals surface area (Å²) in [5.74, 6) is 0.909. The number of carbonyl (C=O) groups is 1. The normalized spacial score (nSPS) is 10.7. The maximum absolute atomic E-state index is 10.7. The van der Waals surface area contributed by atoms with Gasteiger partial charge in [-0.05, 0) is 35.4 Å². The fraction of sp³-hybridized carbons (Fsp3) is 0.389. The Hall–Kier alpha value is -1.83. The van der Waals surface area contributed by atoms with E-state index in [0.29, 0.717) is 5.56 Å². The van der Waals surface area contributed by atoms with E-state index in [9.17, 15) is 4.79 Å². The lowest BCUT2D eigenvalue weighted by Gasteiger charge is -2.07. The van der Waals surface area contributed by atoms with Crippen LogP contribution in [0.3, 0.4) is 0 Å². The van der Waals surface area contributed by atoms with Crippen LogP contribution in [0, 0.1) is 0 Å². The molecule has 0 heterocycles. The van der Waals surface area contributed by atoms with Crippen molar-refractivity contribution in [3.8, 4) is 5.75 Å². The van der Waals surface area contributed by atoms with Gasteiger partial charge in [0.05, 0.1) is 6.61 Å². The SMILES string of the molecule is CCCCCCCOc1ccc2cc(C=O)ccc2c1. The molecule has 2 nitrogen and oxygen atoms in total. The Bertz CT molecular complexity index is 560. The Labute approximate surface area is 120 Å². The molecule has 0 saturated heterocycles. The molecule has 0 spiro atoms. The Morgan fingerprint density at radius 3 is 2.50 bits per heavy atom. The highest BCUT2D eigenvalue weighted by atomic mass is 16.5. The van der Waals surface area contributed by atoms with E-state index in [1.165, 1.54) is 25.7 Å². The van der Waals surface area contributed by atoms with Gasteiger partial charge in [0.25, 0.3) is 0 Å². The molecule has 0 aliphatic heterocycles. The maximum atomic E-state index is 10.7. The van der Waals surface area contributed by atoms with E-state index in [0.717, 1.165) is 35.8 Å². The number of ether oxygens (including phenoxy) is 1. The molecule has 0 bridgehead atoms. The quantitative estimate of drug-likeness (QED) is 0.498. The monoisotopic (exact) mass is 270 g/mol. The minimum Gasteiger partial charge on any atom is -0.494 e. The van der Waals surface area contributed by atoms with Crippen LogP contribution in [0.15, 0.2) is 36.4 Å². The molecule has 0 aromatic heterocycles. The average Bonchev–Trinajstić information content (AvgIpc) is 2.50. The van der Waals surface area contributed by atoms with E-state index < -0.39 is 0 Å². The molecule has 2 heteroatoms. The lowest BCUT2D eigenvalue weighted by Crippen LogP contribution is -1.97. The van der Waals surface area contributed by atoms with Gasteiger partial charge in [-0.25, -0.2) is 0 Å². The van der Waals surface area contributed by atoms with Crippen molar-refractivity contribution in [1.82, 2.24) is 0 Å². The Balaban J connectivity index is 1.89. The molecular weight excluding hydrogens is 248 g/mol. The summed E-state index contributed by atoms with van der Waals surface area (Å²) in [6, 6.07) is 11.7. The maximum Gasteiger partial charge on any atom is 0.150 e. The van der Waals surface area contributed by atoms with Crippen LogP contribution in [-0.2, 0) is 0 Å². The highest BCUT2D eigenvalue weighted by molar-refractivity contribution is 5.89. The molecule has 0 unspecified atom stereocenters. The number of hydrogen-bond donors (Lipinski definition) is 0. The first kappa shape index (κ1) is 14.6. The van der Waals surface area contributed by atoms with Crippen molar-refractivity contribution >= 4 is 17.1 Å². The summed E-state index contributed by atoms with van der Waals surface area (Å²) in [6.45, 7) is 3.00. The lowest BCUT2D eigenvalue weighted by atomic mass is 10.1. The fourth-order valence-corrected chi connectivity index (χ4v) is 2.30. The van der Waals surface area contributed by atoms with Crippen molar-refractivity contribution in [2.24, 2.45) is 0 Å². The van der Waals surface area contributed by atoms with Gasteiger partial charge in [-0.1, -0.05) is 50.8 Å². The van der Waals surface area contributed by atoms with Crippen LogP contribution in [0.25, 0.3) is 10.8 Å². The second-order valence-corrected chi connectivity index (χ2v) is 5.15. The second-order valence-electron chi connectivity index (χ2n) is 5.15. The number of benzene rings is 2. The zero-order chi connectivity index (χ0) is 14.2. The van der Waals surface area contributed by atoms with Crippen molar-refractivity contribution in [1.29, 1.82) is 0 Å². The first-order valence-electron chi connectivity index (χ1n) is 7.45. The van der Waals surface area contributed by atoms with Gasteiger partial charge in [-0.15, -0.1) is 0 Å². The molecule has 0 aliphatic carbocycles. The van der Waals surface area contributed by atoms with Crippen molar-refractivity contribution in [2.75, 3.05) is 6.61 Å². The van der Waals surface area contributed by atoms with Crippen LogP contribution < -0.4 is 4.74 Å². The van der Waals surface area contributed by atoms with Gasteiger partial charge in [-0.3, -0.25) is 4.79 Å². The second kappa shape index (κ2) is 7.68. The van der Waals surface area contributed by atoms with Crippen LogP contribution in [-0.4, -0.2) is 12.9 Å². The topological polar surface area (TPSA) is 26.3 Å². The summed E-state index contributed by atoms with van der Waals surface area (Å²) >= 11 is 0. The molecule has 2 aromatic carbocycles. The molecule has 0 saturated carbocycles. The van der Waals surface area contributed by atoms with Gasteiger partial charge >= 0.3 is 0 Å². The summed E-state index contributed by atoms with van der Waals surface area (Å²) in [5, 5.41) is 2.18. The van der Waals surface area contributed by atoms with Crippen molar-refractivity contribution in [3.05, 3.63) is 42.0 Å². The summed E-state index contributed by atoms with van der Waals surface area (Å²) in [7, 11) is 0. The zero-order valence-corrected chi connectivity index (χ0v) is 12.1. The van der Waals surface area contributed by atoms with Crippen LogP contribution >= 0.6 is 0 Å². The van der Waals surface area contributed by atoms with Gasteiger partial charge in [0, 0.05) is 5.56 Å². The van der Waals surface area contributed by atoms with Crippen molar-refractivity contribution in [3.63, 3.8) is 0 Å². The molecule has 0 amide bonds. The highest BCUT2D eigenvalue weighted by Gasteiger charge is 1.99. The van der Waals surface area contributed by atoms with Crippen LogP contribution in [0.5, 0.6) is 5.75 Å². The molecule has 0 N–H and O–H groups in total. The van der Waals surface area contributed by atoms with E-state index >= 15 is 0 Å². The molecule has 0 radical (unpaired) electrons. The number of aldehydes is 1. The fourth-order valence-electron chi connectivity index (χ4n) is 2.30. The predicted octanol–water partition coefficient (Wildman–Crippen LogP) is 5.00. The molecule has 0 fully saturated rings. The van der Waals surface area contributed by atoms with Crippen molar-refractivity contribution in [2.45, 2.75) is 39.0 Å². The predicted molar refractivity (Wildman–Crippen MR) is 83.6 cm³/mol. The minimum absolute atomic E-state index is 0.710. The molecule has 106 valence electrons. The Morgan fingerprint density at radius 2 is 1.70 bits per heavy atom. The van der Waals surface area contributed by atoms with Crippen LogP contribution in [0.4, 0.5) is 0 Å². The number of rotatable bonds is 8. The number of unbranched alkanes of at least 4 members (excludes halogenated alkanes) is 4. The number of hydrogen-bond acceptors (Lipinski definition) is 2. The summed E-state index contributed by atoms with van der Waals surface area (Å²) in [4.78, 5) is 10.7. The van der Waals surface area contributed by atoms with Gasteiger partial charge in [-0.2, -0.15) is 0 Å². The van der Waals surface area contributed by atoms with Crippen LogP contribution in [0.2, 0.25) is 0 Å². The van der Waals surface area contributed by atoms with Gasteiger partial charge in [0.15, 0.2) is 0 Å². The highest BCUT2D eigenvalue weighted by Crippen LogP contribution is 2.22. The number of fused-ring (bicyclic) bond motifs is 1. The van der Waals surface area contributed by atoms with Crippen LogP contribution in [0.1, 0.15) is 49.4 Å². The minimum atomic E-state index is 0.710. The molecule has 2 rings (SSSR count). The Kier molecular flexibility index (Phi) is 5.60. The van der Waals surface area contributed by atoms with E-state index in [2.05, 4.69) is 6.92 Å². The molecule has 20 heavy (non-hydrogen) atoms. The van der Waals surface area contributed by atoms with Gasteiger partial charge < -0.3 is 4.74 Å². The third-order valence-electron chi connectivity index (χ3n) is 3.49.